The van der Waals surface area contributed by atoms with Gasteiger partial charge in [0.15, 0.2) is 17.6 Å². The van der Waals surface area contributed by atoms with Crippen LogP contribution in [0.4, 0.5) is 0 Å². The lowest BCUT2D eigenvalue weighted by atomic mass is 10.00. The number of carbonyl (C=O) groups is 1. The lowest BCUT2D eigenvalue weighted by Gasteiger charge is -2.21. The average molecular weight is 314 g/mol. The van der Waals surface area contributed by atoms with Gasteiger partial charge in [-0.25, -0.2) is 0 Å². The molecule has 1 N–H and O–H groups in total. The van der Waals surface area contributed by atoms with E-state index in [1.165, 1.54) is 7.11 Å². The fourth-order valence-corrected chi connectivity index (χ4v) is 2.67. The number of methoxy groups -OCH3 is 2. The third-order valence-corrected chi connectivity index (χ3v) is 3.97. The molecule has 1 atom stereocenters. The summed E-state index contributed by atoms with van der Waals surface area (Å²) >= 11 is 5.68. The summed E-state index contributed by atoms with van der Waals surface area (Å²) in [6.45, 7) is 1.12. The van der Waals surface area contributed by atoms with Crippen LogP contribution in [0.25, 0.3) is 0 Å². The topological polar surface area (TPSA) is 59.0 Å². The van der Waals surface area contributed by atoms with E-state index in [1.807, 2.05) is 6.07 Å². The molecular weight excluding hydrogens is 294 g/mol. The highest BCUT2D eigenvalue weighted by molar-refractivity contribution is 6.17. The van der Waals surface area contributed by atoms with Crippen molar-refractivity contribution < 1.29 is 19.4 Å². The van der Waals surface area contributed by atoms with Crippen LogP contribution in [0.15, 0.2) is 12.1 Å². The van der Waals surface area contributed by atoms with Crippen molar-refractivity contribution in [1.29, 1.82) is 0 Å². The van der Waals surface area contributed by atoms with Gasteiger partial charge in [0.2, 0.25) is 0 Å². The second kappa shape index (κ2) is 7.00. The maximum atomic E-state index is 12.3. The molecule has 2 rings (SSSR count). The highest BCUT2D eigenvalue weighted by atomic mass is 35.5. The summed E-state index contributed by atoms with van der Waals surface area (Å²) in [4.78, 5) is 14.0. The van der Waals surface area contributed by atoms with E-state index in [9.17, 15) is 9.90 Å². The summed E-state index contributed by atoms with van der Waals surface area (Å²) < 4.78 is 10.5. The van der Waals surface area contributed by atoms with E-state index in [0.29, 0.717) is 48.9 Å². The maximum Gasteiger partial charge on any atom is 0.256 e. The first-order valence-corrected chi connectivity index (χ1v) is 7.43. The number of nitrogens with zero attached hydrogens (tertiary/aromatic N) is 1. The molecule has 0 radical (unpaired) electrons. The molecule has 0 aliphatic carbocycles. The number of aliphatic hydroxyl groups excluding tert-OH is 1. The largest absolute Gasteiger partial charge is 0.493 e. The molecule has 0 bridgehead atoms. The monoisotopic (exact) mass is 313 g/mol. The highest BCUT2D eigenvalue weighted by Gasteiger charge is 2.30. The van der Waals surface area contributed by atoms with E-state index >= 15 is 0 Å². The zero-order valence-corrected chi connectivity index (χ0v) is 13.0. The fourth-order valence-electron chi connectivity index (χ4n) is 2.55. The number of benzene rings is 1. The molecule has 1 aromatic rings. The molecular formula is C15H20ClNO4. The fraction of sp³-hybridized carbons (Fsp3) is 0.533. The smallest absolute Gasteiger partial charge is 0.256 e. The molecule has 1 unspecified atom stereocenters. The van der Waals surface area contributed by atoms with Crippen molar-refractivity contribution in [2.24, 2.45) is 0 Å². The molecule has 21 heavy (non-hydrogen) atoms. The number of halogens is 1. The normalized spacial score (nSPS) is 18.2. The van der Waals surface area contributed by atoms with Crippen molar-refractivity contribution in [2.45, 2.75) is 18.9 Å². The van der Waals surface area contributed by atoms with Crippen LogP contribution in [-0.2, 0) is 11.2 Å². The van der Waals surface area contributed by atoms with Gasteiger partial charge in [-0.2, -0.15) is 0 Å². The van der Waals surface area contributed by atoms with Gasteiger partial charge < -0.3 is 19.5 Å². The molecule has 1 amide bonds. The molecule has 0 saturated carbocycles. The van der Waals surface area contributed by atoms with Crippen LogP contribution in [0.5, 0.6) is 11.5 Å². The minimum absolute atomic E-state index is 0.286. The number of amides is 1. The van der Waals surface area contributed by atoms with Crippen LogP contribution in [0.1, 0.15) is 23.7 Å². The van der Waals surface area contributed by atoms with Gasteiger partial charge in [0, 0.05) is 19.0 Å². The third kappa shape index (κ3) is 3.24. The molecule has 1 aliphatic rings. The quantitative estimate of drug-likeness (QED) is 0.841. The molecule has 0 saturated heterocycles. The first-order valence-electron chi connectivity index (χ1n) is 6.90. The van der Waals surface area contributed by atoms with Gasteiger partial charge in [0.25, 0.3) is 5.91 Å². The van der Waals surface area contributed by atoms with Crippen molar-refractivity contribution in [3.8, 4) is 11.5 Å². The van der Waals surface area contributed by atoms with E-state index in [4.69, 9.17) is 21.1 Å². The van der Waals surface area contributed by atoms with E-state index in [-0.39, 0.29) is 5.91 Å². The number of carbonyl (C=O) groups excluding carboxylic acids is 1. The number of hydrogen-bond donors (Lipinski definition) is 1. The Morgan fingerprint density at radius 3 is 2.62 bits per heavy atom. The second-order valence-corrected chi connectivity index (χ2v) is 5.30. The number of alkyl halides is 1. The Bertz CT molecular complexity index is 521. The molecule has 0 aromatic heterocycles. The molecule has 116 valence electrons. The Balaban J connectivity index is 2.34. The van der Waals surface area contributed by atoms with Crippen molar-refractivity contribution in [3.63, 3.8) is 0 Å². The Hall–Kier alpha value is -1.46. The van der Waals surface area contributed by atoms with Gasteiger partial charge in [-0.15, -0.1) is 11.6 Å². The highest BCUT2D eigenvalue weighted by Crippen LogP contribution is 2.35. The first kappa shape index (κ1) is 15.9. The zero-order chi connectivity index (χ0) is 15.4. The maximum absolute atomic E-state index is 12.3. The van der Waals surface area contributed by atoms with Crippen LogP contribution in [0.3, 0.4) is 0 Å². The van der Waals surface area contributed by atoms with Crippen LogP contribution in [0, 0.1) is 0 Å². The van der Waals surface area contributed by atoms with Crippen LogP contribution in [0.2, 0.25) is 0 Å². The van der Waals surface area contributed by atoms with Crippen molar-refractivity contribution in [3.05, 3.63) is 23.3 Å². The third-order valence-electron chi connectivity index (χ3n) is 3.70. The summed E-state index contributed by atoms with van der Waals surface area (Å²) in [5, 5.41) is 10.3. The lowest BCUT2D eigenvalue weighted by Crippen LogP contribution is -2.35. The SMILES string of the molecule is COc1cc2c(cc1OC)C(O)C(=O)N(CCCCl)CC2. The van der Waals surface area contributed by atoms with Gasteiger partial charge in [-0.05, 0) is 36.1 Å². The predicted octanol–water partition coefficient (Wildman–Crippen LogP) is 1.75. The lowest BCUT2D eigenvalue weighted by molar-refractivity contribution is -0.140. The van der Waals surface area contributed by atoms with E-state index in [0.717, 1.165) is 5.56 Å². The molecule has 1 aromatic carbocycles. The molecule has 6 heteroatoms. The van der Waals surface area contributed by atoms with E-state index in [2.05, 4.69) is 0 Å². The van der Waals surface area contributed by atoms with Crippen molar-refractivity contribution >= 4 is 17.5 Å². The Kier molecular flexibility index (Phi) is 5.31. The van der Waals surface area contributed by atoms with Gasteiger partial charge in [0.05, 0.1) is 14.2 Å². The summed E-state index contributed by atoms with van der Waals surface area (Å²) in [5.41, 5.74) is 1.49. The number of aliphatic hydroxyl groups is 1. The summed E-state index contributed by atoms with van der Waals surface area (Å²) in [6, 6.07) is 3.51. The second-order valence-electron chi connectivity index (χ2n) is 4.93. The number of fused-ring (bicyclic) bond motifs is 1. The first-order chi connectivity index (χ1) is 10.1. The summed E-state index contributed by atoms with van der Waals surface area (Å²) in [6.07, 6.45) is 0.210. The zero-order valence-electron chi connectivity index (χ0n) is 12.3. The van der Waals surface area contributed by atoms with Crippen LogP contribution >= 0.6 is 11.6 Å². The minimum atomic E-state index is -1.17. The van der Waals surface area contributed by atoms with Crippen molar-refractivity contribution in [1.82, 2.24) is 4.90 Å². The van der Waals surface area contributed by atoms with E-state index in [1.54, 1.807) is 18.1 Å². The molecule has 1 heterocycles. The van der Waals surface area contributed by atoms with Gasteiger partial charge in [0.1, 0.15) is 0 Å². The molecule has 0 fully saturated rings. The van der Waals surface area contributed by atoms with Gasteiger partial charge in [-0.3, -0.25) is 4.79 Å². The van der Waals surface area contributed by atoms with Gasteiger partial charge in [-0.1, -0.05) is 0 Å². The van der Waals surface area contributed by atoms with Crippen molar-refractivity contribution in [2.75, 3.05) is 33.2 Å². The number of ether oxygens (including phenoxy) is 2. The summed E-state index contributed by atoms with van der Waals surface area (Å²) in [7, 11) is 3.09. The Labute approximate surface area is 129 Å². The minimum Gasteiger partial charge on any atom is -0.493 e. The standard InChI is InChI=1S/C15H20ClNO4/c1-20-12-8-10-4-7-17(6-3-5-16)15(19)14(18)11(10)9-13(12)21-2/h8-9,14,18H,3-7H2,1-2H3. The number of rotatable bonds is 5. The molecule has 1 aliphatic heterocycles. The predicted molar refractivity (Wildman–Crippen MR) is 80.1 cm³/mol. The number of hydrogen-bond acceptors (Lipinski definition) is 4. The van der Waals surface area contributed by atoms with Crippen LogP contribution in [-0.4, -0.2) is 49.1 Å². The average Bonchev–Trinajstić information content (AvgIpc) is 2.62. The molecule has 5 nitrogen and oxygen atoms in total. The van der Waals surface area contributed by atoms with Crippen LogP contribution < -0.4 is 9.47 Å². The van der Waals surface area contributed by atoms with Gasteiger partial charge >= 0.3 is 0 Å². The van der Waals surface area contributed by atoms with E-state index < -0.39 is 6.10 Å². The Morgan fingerprint density at radius 1 is 1.33 bits per heavy atom. The Morgan fingerprint density at radius 2 is 2.00 bits per heavy atom. The molecule has 0 spiro atoms. The summed E-state index contributed by atoms with van der Waals surface area (Å²) in [5.74, 6) is 1.32.